The average Bonchev–Trinajstić information content (AvgIpc) is 3.02. The fraction of sp³-hybridized carbons (Fsp3) is 0.304. The van der Waals surface area contributed by atoms with Gasteiger partial charge in [-0.25, -0.2) is 13.2 Å². The molecule has 1 aliphatic heterocycles. The van der Waals surface area contributed by atoms with Crippen LogP contribution < -0.4 is 14.2 Å². The van der Waals surface area contributed by atoms with E-state index < -0.39 is 28.5 Å². The molecular formula is C23H22BrNO9S. The Morgan fingerprint density at radius 2 is 1.83 bits per heavy atom. The molecule has 2 aromatic carbocycles. The fourth-order valence-corrected chi connectivity index (χ4v) is 4.72. The Morgan fingerprint density at radius 1 is 1.06 bits per heavy atom. The van der Waals surface area contributed by atoms with E-state index in [-0.39, 0.29) is 23.9 Å². The molecule has 1 N–H and O–H groups in total. The summed E-state index contributed by atoms with van der Waals surface area (Å²) < 4.78 is 55.2. The first kappa shape index (κ1) is 25.0. The van der Waals surface area contributed by atoms with Crippen LogP contribution in [0.3, 0.4) is 0 Å². The summed E-state index contributed by atoms with van der Waals surface area (Å²) in [5, 5.41) is 0.558. The van der Waals surface area contributed by atoms with Gasteiger partial charge in [0.05, 0.1) is 30.3 Å². The molecular weight excluding hydrogens is 546 g/mol. The first-order chi connectivity index (χ1) is 16.8. The van der Waals surface area contributed by atoms with E-state index in [0.29, 0.717) is 47.7 Å². The third-order valence-electron chi connectivity index (χ3n) is 5.03. The Labute approximate surface area is 209 Å². The van der Waals surface area contributed by atoms with Gasteiger partial charge in [-0.1, -0.05) is 15.9 Å². The topological polar surface area (TPSA) is 130 Å². The minimum atomic E-state index is -4.03. The summed E-state index contributed by atoms with van der Waals surface area (Å²) in [6, 6.07) is 9.34. The molecule has 1 aromatic heterocycles. The monoisotopic (exact) mass is 567 g/mol. The highest BCUT2D eigenvalue weighted by Crippen LogP contribution is 2.32. The van der Waals surface area contributed by atoms with Crippen molar-refractivity contribution in [2.75, 3.05) is 26.4 Å². The fourth-order valence-electron chi connectivity index (χ4n) is 3.38. The smallest absolute Gasteiger partial charge is 0.374 e. The number of carbonyl (C=O) groups excluding carboxylic acids is 2. The van der Waals surface area contributed by atoms with Gasteiger partial charge < -0.3 is 23.4 Å². The Kier molecular flexibility index (Phi) is 7.63. The zero-order valence-electron chi connectivity index (χ0n) is 18.7. The zero-order valence-corrected chi connectivity index (χ0v) is 21.1. The SMILES string of the molecule is CCOC(=O)c1oc2ccc(Br)cc2c1COC(=O)CNS(=O)(=O)c1ccc2c(c1)OCCCO2. The highest BCUT2D eigenvalue weighted by atomic mass is 79.9. The second kappa shape index (κ2) is 10.7. The van der Waals surface area contributed by atoms with Crippen molar-refractivity contribution in [3.63, 3.8) is 0 Å². The number of sulfonamides is 1. The molecule has 0 amide bonds. The molecule has 10 nitrogen and oxygen atoms in total. The summed E-state index contributed by atoms with van der Waals surface area (Å²) in [7, 11) is -4.03. The van der Waals surface area contributed by atoms with Gasteiger partial charge in [-0.2, -0.15) is 4.72 Å². The van der Waals surface area contributed by atoms with Gasteiger partial charge >= 0.3 is 11.9 Å². The molecule has 0 atom stereocenters. The molecule has 0 radical (unpaired) electrons. The van der Waals surface area contributed by atoms with Crippen LogP contribution in [0.25, 0.3) is 11.0 Å². The second-order valence-electron chi connectivity index (χ2n) is 7.41. The Hall–Kier alpha value is -3.09. The third-order valence-corrected chi connectivity index (χ3v) is 6.92. The van der Waals surface area contributed by atoms with E-state index in [1.54, 1.807) is 25.1 Å². The predicted molar refractivity (Wildman–Crippen MR) is 127 cm³/mol. The van der Waals surface area contributed by atoms with E-state index in [4.69, 9.17) is 23.4 Å². The van der Waals surface area contributed by atoms with Crippen molar-refractivity contribution < 1.29 is 41.4 Å². The molecule has 3 aromatic rings. The van der Waals surface area contributed by atoms with Crippen LogP contribution in [0.2, 0.25) is 0 Å². The van der Waals surface area contributed by atoms with E-state index in [0.717, 1.165) is 4.47 Å². The van der Waals surface area contributed by atoms with E-state index >= 15 is 0 Å². The minimum absolute atomic E-state index is 0.0789. The lowest BCUT2D eigenvalue weighted by Gasteiger charge is -2.11. The number of fused-ring (bicyclic) bond motifs is 2. The van der Waals surface area contributed by atoms with Gasteiger partial charge in [0.25, 0.3) is 0 Å². The van der Waals surface area contributed by atoms with Crippen molar-refractivity contribution in [1.82, 2.24) is 4.72 Å². The van der Waals surface area contributed by atoms with E-state index in [9.17, 15) is 18.0 Å². The van der Waals surface area contributed by atoms with Crippen LogP contribution in [0, 0.1) is 0 Å². The number of benzene rings is 2. The van der Waals surface area contributed by atoms with E-state index in [1.807, 2.05) is 0 Å². The highest BCUT2D eigenvalue weighted by Gasteiger charge is 2.24. The molecule has 0 unspecified atom stereocenters. The number of carbonyl (C=O) groups is 2. The maximum absolute atomic E-state index is 12.7. The Balaban J connectivity index is 1.44. The number of rotatable bonds is 8. The number of ether oxygens (including phenoxy) is 4. The summed E-state index contributed by atoms with van der Waals surface area (Å²) >= 11 is 3.36. The second-order valence-corrected chi connectivity index (χ2v) is 10.1. The van der Waals surface area contributed by atoms with Crippen molar-refractivity contribution in [2.24, 2.45) is 0 Å². The van der Waals surface area contributed by atoms with Crippen LogP contribution in [0.1, 0.15) is 29.5 Å². The van der Waals surface area contributed by atoms with Crippen LogP contribution in [-0.4, -0.2) is 46.7 Å². The van der Waals surface area contributed by atoms with Gasteiger partial charge in [0, 0.05) is 22.3 Å². The Bertz CT molecular complexity index is 1370. The molecule has 0 saturated carbocycles. The van der Waals surface area contributed by atoms with Crippen molar-refractivity contribution >= 4 is 48.9 Å². The molecule has 4 rings (SSSR count). The molecule has 0 bridgehead atoms. The Morgan fingerprint density at radius 3 is 2.60 bits per heavy atom. The van der Waals surface area contributed by atoms with E-state index in [1.165, 1.54) is 18.2 Å². The van der Waals surface area contributed by atoms with Gasteiger partial charge in [0.2, 0.25) is 15.8 Å². The lowest BCUT2D eigenvalue weighted by molar-refractivity contribution is -0.143. The summed E-state index contributed by atoms with van der Waals surface area (Å²) in [6.45, 7) is 1.74. The van der Waals surface area contributed by atoms with Crippen LogP contribution in [-0.2, 0) is 30.9 Å². The number of halogens is 1. The van der Waals surface area contributed by atoms with Gasteiger partial charge in [0.1, 0.15) is 18.7 Å². The van der Waals surface area contributed by atoms with Gasteiger partial charge in [-0.3, -0.25) is 4.79 Å². The number of furan rings is 1. The van der Waals surface area contributed by atoms with Crippen LogP contribution in [0.15, 0.2) is 50.2 Å². The number of hydrogen-bond donors (Lipinski definition) is 1. The lowest BCUT2D eigenvalue weighted by Crippen LogP contribution is -2.30. The number of nitrogens with one attached hydrogen (secondary N) is 1. The summed E-state index contributed by atoms with van der Waals surface area (Å²) in [5.41, 5.74) is 0.733. The number of hydrogen-bond acceptors (Lipinski definition) is 9. The molecule has 12 heteroatoms. The first-order valence-electron chi connectivity index (χ1n) is 10.7. The molecule has 0 fully saturated rings. The molecule has 186 valence electrons. The van der Waals surface area contributed by atoms with Crippen molar-refractivity contribution in [2.45, 2.75) is 24.8 Å². The largest absolute Gasteiger partial charge is 0.490 e. The molecule has 35 heavy (non-hydrogen) atoms. The first-order valence-corrected chi connectivity index (χ1v) is 13.0. The normalized spacial score (nSPS) is 13.3. The zero-order chi connectivity index (χ0) is 25.0. The molecule has 0 spiro atoms. The van der Waals surface area contributed by atoms with E-state index in [2.05, 4.69) is 20.7 Å². The lowest BCUT2D eigenvalue weighted by atomic mass is 10.1. The minimum Gasteiger partial charge on any atom is -0.490 e. The standard InChI is InChI=1S/C23H22BrNO9S/c1-2-30-23(27)22-17(16-10-14(24)4-6-18(16)34-22)13-33-21(26)12-25-35(28,29)15-5-7-19-20(11-15)32-9-3-8-31-19/h4-7,10-11,25H,2-3,8-9,12-13H2,1H3. The van der Waals surface area contributed by atoms with Crippen LogP contribution >= 0.6 is 15.9 Å². The average molecular weight is 568 g/mol. The highest BCUT2D eigenvalue weighted by molar-refractivity contribution is 9.10. The third kappa shape index (κ3) is 5.77. The maximum atomic E-state index is 12.7. The quantitative estimate of drug-likeness (QED) is 0.406. The van der Waals surface area contributed by atoms with Gasteiger partial charge in [-0.15, -0.1) is 0 Å². The number of esters is 2. The summed E-state index contributed by atoms with van der Waals surface area (Å²) in [6.07, 6.45) is 0.682. The summed E-state index contributed by atoms with van der Waals surface area (Å²) in [5.74, 6) is -0.849. The molecule has 0 aliphatic carbocycles. The van der Waals surface area contributed by atoms with Crippen molar-refractivity contribution in [3.8, 4) is 11.5 Å². The molecule has 1 aliphatic rings. The maximum Gasteiger partial charge on any atom is 0.374 e. The van der Waals surface area contributed by atoms with Crippen LogP contribution in [0.5, 0.6) is 11.5 Å². The van der Waals surface area contributed by atoms with Gasteiger partial charge in [-0.05, 0) is 37.3 Å². The molecule has 2 heterocycles. The van der Waals surface area contributed by atoms with Crippen molar-refractivity contribution in [3.05, 3.63) is 52.2 Å². The predicted octanol–water partition coefficient (Wildman–Crippen LogP) is 3.56. The van der Waals surface area contributed by atoms with Crippen molar-refractivity contribution in [1.29, 1.82) is 0 Å². The van der Waals surface area contributed by atoms with Crippen LogP contribution in [0.4, 0.5) is 0 Å². The summed E-state index contributed by atoms with van der Waals surface area (Å²) in [4.78, 5) is 24.6. The molecule has 0 saturated heterocycles. The van der Waals surface area contributed by atoms with Gasteiger partial charge in [0.15, 0.2) is 11.5 Å².